The van der Waals surface area contributed by atoms with Crippen molar-refractivity contribution >= 4 is 17.3 Å². The van der Waals surface area contributed by atoms with E-state index in [1.165, 1.54) is 50.3 Å². The number of benzene rings is 2. The van der Waals surface area contributed by atoms with E-state index < -0.39 is 0 Å². The molecule has 7 heteroatoms. The number of phenolic OH excluding ortho intramolecular Hbond substituents is 1. The van der Waals surface area contributed by atoms with E-state index in [4.69, 9.17) is 10.1 Å². The first kappa shape index (κ1) is 36.4. The van der Waals surface area contributed by atoms with Gasteiger partial charge in [0.2, 0.25) is 0 Å². The molecule has 3 rings (SSSR count). The van der Waals surface area contributed by atoms with Crippen LogP contribution in [0.5, 0.6) is 5.75 Å². The number of aryl methyl sites for hydroxylation is 1. The molecule has 1 fully saturated rings. The maximum absolute atomic E-state index is 10.7. The number of anilines is 1. The van der Waals surface area contributed by atoms with Crippen LogP contribution in [0.3, 0.4) is 0 Å². The van der Waals surface area contributed by atoms with Crippen molar-refractivity contribution in [1.29, 1.82) is 0 Å². The molecule has 2 aromatic rings. The Labute approximate surface area is 266 Å². The molecule has 0 radical (unpaired) electrons. The molecule has 0 spiro atoms. The molecule has 44 heavy (non-hydrogen) atoms. The summed E-state index contributed by atoms with van der Waals surface area (Å²) in [6.45, 7) is 24.1. The molecule has 1 heterocycles. The molecule has 1 aliphatic heterocycles. The molecule has 3 N–H and O–H groups in total. The van der Waals surface area contributed by atoms with Gasteiger partial charge in [0.25, 0.3) is 0 Å². The summed E-state index contributed by atoms with van der Waals surface area (Å²) in [4.78, 5) is 20.8. The number of nitrogens with one attached hydrogen (secondary N) is 2. The van der Waals surface area contributed by atoms with Crippen molar-refractivity contribution in [2.24, 2.45) is 4.99 Å². The summed E-state index contributed by atoms with van der Waals surface area (Å²) in [5.41, 5.74) is 5.59. The van der Waals surface area contributed by atoms with Crippen LogP contribution >= 0.6 is 0 Å². The number of rotatable bonds is 13. The second-order valence-corrected chi connectivity index (χ2v) is 11.5. The lowest BCUT2D eigenvalue weighted by Gasteiger charge is -2.46. The molecule has 240 valence electrons. The molecule has 2 aromatic carbocycles. The molecular weight excluding hydrogens is 546 g/mol. The van der Waals surface area contributed by atoms with E-state index in [1.807, 2.05) is 32.3 Å². The van der Waals surface area contributed by atoms with Gasteiger partial charge in [-0.1, -0.05) is 65.0 Å². The van der Waals surface area contributed by atoms with E-state index in [0.29, 0.717) is 17.6 Å². The fourth-order valence-corrected chi connectivity index (χ4v) is 5.42. The number of carbonyl (C=O) groups is 1. The highest BCUT2D eigenvalue weighted by Gasteiger charge is 2.32. The van der Waals surface area contributed by atoms with Crippen LogP contribution in [0.4, 0.5) is 5.69 Å². The lowest BCUT2D eigenvalue weighted by molar-refractivity contribution is 0.0576. The maximum Gasteiger partial charge on any atom is 0.159 e. The quantitative estimate of drug-likeness (QED) is 0.0937. The number of Topliss-reactive ketones (excluding diaryl/α,β-unsaturated/α-hetero) is 1. The van der Waals surface area contributed by atoms with Gasteiger partial charge in [-0.25, -0.2) is 4.99 Å². The van der Waals surface area contributed by atoms with Gasteiger partial charge in [-0.05, 0) is 81.5 Å². The minimum absolute atomic E-state index is 0.0139. The molecular formula is C37H55N5O2. The molecule has 0 aromatic heterocycles. The number of likely N-dealkylation sites (N-methyl/N-ethyl adjacent to an activating group) is 1. The molecule has 0 amide bonds. The van der Waals surface area contributed by atoms with Crippen molar-refractivity contribution in [3.05, 3.63) is 96.0 Å². The Kier molecular flexibility index (Phi) is 15.5. The third-order valence-electron chi connectivity index (χ3n) is 8.14. The van der Waals surface area contributed by atoms with E-state index >= 15 is 0 Å². The third kappa shape index (κ3) is 11.0. The zero-order chi connectivity index (χ0) is 32.6. The number of allylic oxidation sites excluding steroid dienone is 1. The Bertz CT molecular complexity index is 1280. The van der Waals surface area contributed by atoms with Gasteiger partial charge in [0, 0.05) is 61.9 Å². The van der Waals surface area contributed by atoms with Gasteiger partial charge in [0.1, 0.15) is 5.75 Å². The van der Waals surface area contributed by atoms with E-state index in [2.05, 4.69) is 73.4 Å². The van der Waals surface area contributed by atoms with Crippen molar-refractivity contribution in [2.75, 3.05) is 32.0 Å². The summed E-state index contributed by atoms with van der Waals surface area (Å²) in [5.74, 6) is 1.12. The summed E-state index contributed by atoms with van der Waals surface area (Å²) in [6.07, 6.45) is 8.12. The molecule has 0 aliphatic carbocycles. The van der Waals surface area contributed by atoms with Crippen LogP contribution < -0.4 is 10.6 Å². The predicted molar refractivity (Wildman–Crippen MR) is 187 cm³/mol. The number of hydrogen-bond acceptors (Lipinski definition) is 6. The summed E-state index contributed by atoms with van der Waals surface area (Å²) in [7, 11) is 1.92. The highest BCUT2D eigenvalue weighted by molar-refractivity contribution is 5.97. The number of para-hydroxylation sites is 1. The highest BCUT2D eigenvalue weighted by Crippen LogP contribution is 2.23. The van der Waals surface area contributed by atoms with E-state index in [9.17, 15) is 4.79 Å². The minimum Gasteiger partial charge on any atom is -0.508 e. The van der Waals surface area contributed by atoms with Crippen LogP contribution in [0, 0.1) is 6.92 Å². The third-order valence-corrected chi connectivity index (χ3v) is 8.14. The van der Waals surface area contributed by atoms with E-state index in [0.717, 1.165) is 54.5 Å². The van der Waals surface area contributed by atoms with Crippen molar-refractivity contribution in [3.63, 3.8) is 0 Å². The molecule has 7 nitrogen and oxygen atoms in total. The molecule has 0 saturated carbocycles. The maximum atomic E-state index is 10.7. The molecule has 1 aliphatic rings. The molecule has 1 unspecified atom stereocenters. The highest BCUT2D eigenvalue weighted by atomic mass is 16.3. The molecule has 1 atom stereocenters. The summed E-state index contributed by atoms with van der Waals surface area (Å²) in [5, 5.41) is 15.5. The number of ketones is 1. The zero-order valence-electron chi connectivity index (χ0n) is 28.1. The van der Waals surface area contributed by atoms with Crippen LogP contribution in [0.2, 0.25) is 0 Å². The van der Waals surface area contributed by atoms with Crippen LogP contribution in [0.15, 0.2) is 89.8 Å². The smallest absolute Gasteiger partial charge is 0.159 e. The van der Waals surface area contributed by atoms with Crippen molar-refractivity contribution in [3.8, 4) is 5.75 Å². The fourth-order valence-electron chi connectivity index (χ4n) is 5.42. The Hall–Kier alpha value is -3.84. The molecule has 0 bridgehead atoms. The number of aliphatic imine (C=N–C) groups is 1. The number of amidine groups is 1. The number of aromatic hydroxyl groups is 1. The topological polar surface area (TPSA) is 80.2 Å². The van der Waals surface area contributed by atoms with Crippen LogP contribution in [0.25, 0.3) is 0 Å². The SMILES string of the molecule is C=C(NC)C(=N/C=C(\C)C(=C)Nc1ccccc1C)N1CCN(C(CCC)CCC)C(CC)C1.CC(=O)c1ccc(O)cc1. The lowest BCUT2D eigenvalue weighted by atomic mass is 9.99. The van der Waals surface area contributed by atoms with Crippen LogP contribution in [-0.2, 0) is 0 Å². The number of carbonyl (C=O) groups excluding carboxylic acids is 1. The van der Waals surface area contributed by atoms with Gasteiger partial charge < -0.3 is 20.6 Å². The van der Waals surface area contributed by atoms with Gasteiger partial charge in [-0.15, -0.1) is 0 Å². The van der Waals surface area contributed by atoms with E-state index in [1.54, 1.807) is 12.1 Å². The number of phenols is 1. The fraction of sp³-hybridized carbons (Fsp3) is 0.459. The largest absolute Gasteiger partial charge is 0.508 e. The normalized spacial score (nSPS) is 15.8. The Morgan fingerprint density at radius 2 is 1.66 bits per heavy atom. The Morgan fingerprint density at radius 1 is 1.02 bits per heavy atom. The first-order valence-electron chi connectivity index (χ1n) is 16.0. The Balaban J connectivity index is 0.000000569. The Morgan fingerprint density at radius 3 is 2.20 bits per heavy atom. The van der Waals surface area contributed by atoms with Crippen molar-refractivity contribution < 1.29 is 9.90 Å². The standard InChI is InChI=1S/C29H47N5.C8H8O2/c1-9-14-27(15-10-2)34-19-18-33(21-26(34)11-3)29(25(7)30-8)31-20-23(5)24(6)32-28-17-13-12-16-22(28)4;1-6(9)7-2-4-8(10)5-3-7/h12-13,16-17,20,26-27,30,32H,6-7,9-11,14-15,18-19,21H2,1-5,8H3;2-5,10H,1H3/b23-20+,31-29?;. The molecule has 1 saturated heterocycles. The number of piperazine rings is 1. The van der Waals surface area contributed by atoms with Gasteiger partial charge in [-0.2, -0.15) is 0 Å². The average molecular weight is 602 g/mol. The number of nitrogens with zero attached hydrogens (tertiary/aromatic N) is 3. The van der Waals surface area contributed by atoms with Crippen LogP contribution in [-0.4, -0.2) is 65.3 Å². The summed E-state index contributed by atoms with van der Waals surface area (Å²) in [6, 6.07) is 15.6. The van der Waals surface area contributed by atoms with Gasteiger partial charge in [0.15, 0.2) is 11.6 Å². The van der Waals surface area contributed by atoms with Crippen molar-refractivity contribution in [2.45, 2.75) is 85.7 Å². The monoisotopic (exact) mass is 601 g/mol. The van der Waals surface area contributed by atoms with Gasteiger partial charge in [-0.3, -0.25) is 9.69 Å². The minimum atomic E-state index is 0.0139. The first-order chi connectivity index (χ1) is 21.1. The zero-order valence-corrected chi connectivity index (χ0v) is 28.1. The van der Waals surface area contributed by atoms with E-state index in [-0.39, 0.29) is 11.5 Å². The predicted octanol–water partition coefficient (Wildman–Crippen LogP) is 7.92. The summed E-state index contributed by atoms with van der Waals surface area (Å²) < 4.78 is 0. The van der Waals surface area contributed by atoms with Crippen LogP contribution in [0.1, 0.15) is 82.6 Å². The second kappa shape index (κ2) is 18.7. The summed E-state index contributed by atoms with van der Waals surface area (Å²) >= 11 is 0. The van der Waals surface area contributed by atoms with Gasteiger partial charge in [0.05, 0.1) is 5.70 Å². The second-order valence-electron chi connectivity index (χ2n) is 11.5. The van der Waals surface area contributed by atoms with Gasteiger partial charge >= 0.3 is 0 Å². The average Bonchev–Trinajstić information content (AvgIpc) is 3.02. The first-order valence-corrected chi connectivity index (χ1v) is 16.0. The number of hydrogen-bond donors (Lipinski definition) is 3. The van der Waals surface area contributed by atoms with Crippen molar-refractivity contribution in [1.82, 2.24) is 15.1 Å². The lowest BCUT2D eigenvalue weighted by Crippen LogP contribution is -2.58.